The topological polar surface area (TPSA) is 59.9 Å². The van der Waals surface area contributed by atoms with Crippen molar-refractivity contribution in [2.75, 3.05) is 50.8 Å². The largest absolute Gasteiger partial charge is 0.395 e. The Morgan fingerprint density at radius 1 is 1.22 bits per heavy atom. The molecule has 2 saturated heterocycles. The van der Waals surface area contributed by atoms with Crippen molar-refractivity contribution in [1.82, 2.24) is 14.8 Å². The van der Waals surface area contributed by atoms with Gasteiger partial charge in [-0.3, -0.25) is 9.69 Å². The monoisotopic (exact) mass is 318 g/mol. The Balaban J connectivity index is 1.43. The van der Waals surface area contributed by atoms with Crippen LogP contribution in [0.25, 0.3) is 0 Å². The van der Waals surface area contributed by atoms with E-state index in [2.05, 4.69) is 14.8 Å². The lowest BCUT2D eigenvalue weighted by Gasteiger charge is -2.35. The first-order chi connectivity index (χ1) is 11.3. The molecule has 6 nitrogen and oxygen atoms in total. The van der Waals surface area contributed by atoms with E-state index in [0.717, 1.165) is 57.9 Å². The maximum Gasteiger partial charge on any atom is 0.223 e. The average molecular weight is 318 g/mol. The van der Waals surface area contributed by atoms with Gasteiger partial charge in [-0.1, -0.05) is 6.07 Å². The fourth-order valence-corrected chi connectivity index (χ4v) is 3.52. The zero-order valence-corrected chi connectivity index (χ0v) is 13.6. The van der Waals surface area contributed by atoms with E-state index in [-0.39, 0.29) is 18.6 Å². The van der Waals surface area contributed by atoms with Crippen molar-refractivity contribution < 1.29 is 9.90 Å². The summed E-state index contributed by atoms with van der Waals surface area (Å²) in [5.74, 6) is 1.22. The van der Waals surface area contributed by atoms with Crippen molar-refractivity contribution >= 4 is 11.7 Å². The summed E-state index contributed by atoms with van der Waals surface area (Å²) in [7, 11) is 0. The smallest absolute Gasteiger partial charge is 0.223 e. The number of pyridine rings is 1. The molecule has 0 radical (unpaired) electrons. The molecule has 0 spiro atoms. The van der Waals surface area contributed by atoms with Crippen LogP contribution in [0.4, 0.5) is 5.82 Å². The molecule has 2 fully saturated rings. The number of aromatic nitrogens is 1. The molecule has 0 aliphatic carbocycles. The highest BCUT2D eigenvalue weighted by molar-refractivity contribution is 5.76. The SMILES string of the molecule is O=C(CCN1CCC[C@@H]1CO)N1CCN(c2ccccn2)CC1. The van der Waals surface area contributed by atoms with E-state index in [1.54, 1.807) is 6.20 Å². The Labute approximate surface area is 137 Å². The molecular formula is C17H26N4O2. The van der Waals surface area contributed by atoms with Crippen molar-refractivity contribution in [3.8, 4) is 0 Å². The first-order valence-corrected chi connectivity index (χ1v) is 8.56. The molecule has 23 heavy (non-hydrogen) atoms. The maximum atomic E-state index is 12.4. The summed E-state index contributed by atoms with van der Waals surface area (Å²) in [5.41, 5.74) is 0. The van der Waals surface area contributed by atoms with Gasteiger partial charge in [0.15, 0.2) is 0 Å². The van der Waals surface area contributed by atoms with Crippen molar-refractivity contribution in [3.05, 3.63) is 24.4 Å². The maximum absolute atomic E-state index is 12.4. The second-order valence-corrected chi connectivity index (χ2v) is 6.32. The van der Waals surface area contributed by atoms with Gasteiger partial charge in [-0.15, -0.1) is 0 Å². The summed E-state index contributed by atoms with van der Waals surface area (Å²) < 4.78 is 0. The number of anilines is 1. The summed E-state index contributed by atoms with van der Waals surface area (Å²) >= 11 is 0. The van der Waals surface area contributed by atoms with Crippen molar-refractivity contribution in [3.63, 3.8) is 0 Å². The van der Waals surface area contributed by atoms with Crippen molar-refractivity contribution in [2.24, 2.45) is 0 Å². The van der Waals surface area contributed by atoms with Crippen molar-refractivity contribution in [1.29, 1.82) is 0 Å². The van der Waals surface area contributed by atoms with Gasteiger partial charge in [-0.2, -0.15) is 0 Å². The fourth-order valence-electron chi connectivity index (χ4n) is 3.52. The summed E-state index contributed by atoms with van der Waals surface area (Å²) in [6.07, 6.45) is 4.54. The molecule has 2 aliphatic rings. The van der Waals surface area contributed by atoms with E-state index in [9.17, 15) is 9.90 Å². The van der Waals surface area contributed by atoms with Gasteiger partial charge in [0.2, 0.25) is 5.91 Å². The molecule has 0 saturated carbocycles. The van der Waals surface area contributed by atoms with Crippen LogP contribution < -0.4 is 4.90 Å². The molecule has 1 aromatic rings. The standard InChI is InChI=1S/C17H26N4O2/c22-14-15-4-3-8-19(15)9-6-17(23)21-12-10-20(11-13-21)16-5-1-2-7-18-16/h1-2,5,7,15,22H,3-4,6,8-14H2/t15-/m1/s1. The Bertz CT molecular complexity index is 503. The number of likely N-dealkylation sites (tertiary alicyclic amines) is 1. The highest BCUT2D eigenvalue weighted by atomic mass is 16.3. The minimum Gasteiger partial charge on any atom is -0.395 e. The predicted octanol–water partition coefficient (Wildman–Crippen LogP) is 0.577. The normalized spacial score (nSPS) is 22.6. The Hall–Kier alpha value is -1.66. The van der Waals surface area contributed by atoms with Crippen LogP contribution >= 0.6 is 0 Å². The number of aliphatic hydroxyl groups excluding tert-OH is 1. The summed E-state index contributed by atoms with van der Waals surface area (Å²) in [5, 5.41) is 9.34. The molecule has 0 unspecified atom stereocenters. The molecule has 3 rings (SSSR count). The Morgan fingerprint density at radius 2 is 2.04 bits per heavy atom. The van der Waals surface area contributed by atoms with Crippen LogP contribution in [0.5, 0.6) is 0 Å². The molecule has 1 aromatic heterocycles. The van der Waals surface area contributed by atoms with Crippen LogP contribution in [0.15, 0.2) is 24.4 Å². The lowest BCUT2D eigenvalue weighted by atomic mass is 10.2. The van der Waals surface area contributed by atoms with Crippen LogP contribution in [-0.2, 0) is 4.79 Å². The lowest BCUT2D eigenvalue weighted by molar-refractivity contribution is -0.131. The van der Waals surface area contributed by atoms with Gasteiger partial charge in [0.05, 0.1) is 6.61 Å². The molecule has 3 heterocycles. The fraction of sp³-hybridized carbons (Fsp3) is 0.647. The Kier molecular flexibility index (Phi) is 5.46. The van der Waals surface area contributed by atoms with E-state index in [0.29, 0.717) is 6.42 Å². The van der Waals surface area contributed by atoms with Gasteiger partial charge < -0.3 is 14.9 Å². The summed E-state index contributed by atoms with van der Waals surface area (Å²) in [6, 6.07) is 6.18. The number of aliphatic hydroxyl groups is 1. The molecule has 1 atom stereocenters. The number of carbonyl (C=O) groups excluding carboxylic acids is 1. The third-order valence-corrected chi connectivity index (χ3v) is 4.93. The van der Waals surface area contributed by atoms with Crippen molar-refractivity contribution in [2.45, 2.75) is 25.3 Å². The van der Waals surface area contributed by atoms with E-state index >= 15 is 0 Å². The van der Waals surface area contributed by atoms with E-state index in [4.69, 9.17) is 0 Å². The van der Waals surface area contributed by atoms with E-state index < -0.39 is 0 Å². The zero-order valence-electron chi connectivity index (χ0n) is 13.6. The molecule has 2 aliphatic heterocycles. The van der Waals surface area contributed by atoms with Crippen LogP contribution in [0.3, 0.4) is 0 Å². The predicted molar refractivity (Wildman–Crippen MR) is 89.3 cm³/mol. The minimum absolute atomic E-state index is 0.205. The second-order valence-electron chi connectivity index (χ2n) is 6.32. The molecule has 1 N–H and O–H groups in total. The van der Waals surface area contributed by atoms with Gasteiger partial charge in [0.1, 0.15) is 5.82 Å². The van der Waals surface area contributed by atoms with Crippen LogP contribution in [-0.4, -0.2) is 77.7 Å². The third kappa shape index (κ3) is 4.00. The number of hydrogen-bond acceptors (Lipinski definition) is 5. The van der Waals surface area contributed by atoms with Crippen LogP contribution in [0, 0.1) is 0 Å². The number of hydrogen-bond donors (Lipinski definition) is 1. The van der Waals surface area contributed by atoms with Gasteiger partial charge in [-0.25, -0.2) is 4.98 Å². The first kappa shape index (κ1) is 16.2. The minimum atomic E-state index is 0.205. The second kappa shape index (κ2) is 7.75. The summed E-state index contributed by atoms with van der Waals surface area (Å²) in [4.78, 5) is 23.2. The quantitative estimate of drug-likeness (QED) is 0.860. The van der Waals surface area contributed by atoms with Gasteiger partial charge in [0, 0.05) is 51.4 Å². The molecular weight excluding hydrogens is 292 g/mol. The first-order valence-electron chi connectivity index (χ1n) is 8.56. The molecule has 0 aromatic carbocycles. The third-order valence-electron chi connectivity index (χ3n) is 4.93. The molecule has 126 valence electrons. The summed E-state index contributed by atoms with van der Waals surface area (Å²) in [6.45, 7) is 5.18. The molecule has 1 amide bonds. The number of rotatable bonds is 5. The number of piperazine rings is 1. The average Bonchev–Trinajstić information content (AvgIpc) is 3.08. The molecule has 6 heteroatoms. The van der Waals surface area contributed by atoms with Gasteiger partial charge in [0.25, 0.3) is 0 Å². The zero-order chi connectivity index (χ0) is 16.1. The Morgan fingerprint density at radius 3 is 2.74 bits per heavy atom. The van der Waals surface area contributed by atoms with E-state index in [1.165, 1.54) is 0 Å². The van der Waals surface area contributed by atoms with Crippen LogP contribution in [0.2, 0.25) is 0 Å². The number of nitrogens with zero attached hydrogens (tertiary/aromatic N) is 4. The molecule has 0 bridgehead atoms. The number of amides is 1. The highest BCUT2D eigenvalue weighted by Crippen LogP contribution is 2.17. The van der Waals surface area contributed by atoms with Crippen LogP contribution in [0.1, 0.15) is 19.3 Å². The highest BCUT2D eigenvalue weighted by Gasteiger charge is 2.26. The van der Waals surface area contributed by atoms with Gasteiger partial charge >= 0.3 is 0 Å². The van der Waals surface area contributed by atoms with Gasteiger partial charge in [-0.05, 0) is 31.5 Å². The lowest BCUT2D eigenvalue weighted by Crippen LogP contribution is -2.49. The number of carbonyl (C=O) groups is 1. The van der Waals surface area contributed by atoms with E-state index in [1.807, 2.05) is 23.1 Å².